The number of ether oxygens (including phenoxy) is 2. The number of alkyl carbamates (subject to hydrolysis) is 1. The lowest BCUT2D eigenvalue weighted by Gasteiger charge is -2.18. The van der Waals surface area contributed by atoms with Crippen LogP contribution in [0.5, 0.6) is 0 Å². The number of benzene rings is 2. The van der Waals surface area contributed by atoms with Crippen LogP contribution in [0.2, 0.25) is 0 Å². The average molecular weight is 732 g/mol. The first-order valence-corrected chi connectivity index (χ1v) is 19.5. The van der Waals surface area contributed by atoms with Crippen molar-refractivity contribution in [1.82, 2.24) is 20.4 Å². The molecule has 2 aliphatic heterocycles. The monoisotopic (exact) mass is 731 g/mol. The highest BCUT2D eigenvalue weighted by atomic mass is 16.5. The van der Waals surface area contributed by atoms with Gasteiger partial charge >= 0.3 is 6.09 Å². The van der Waals surface area contributed by atoms with Gasteiger partial charge in [0.1, 0.15) is 0 Å². The normalized spacial score (nSPS) is 23.4. The van der Waals surface area contributed by atoms with Crippen molar-refractivity contribution in [2.75, 3.05) is 39.9 Å². The smallest absolute Gasteiger partial charge is 0.407 e. The molecule has 2 aromatic rings. The molecule has 0 bridgehead atoms. The van der Waals surface area contributed by atoms with Gasteiger partial charge in [0.15, 0.2) is 0 Å². The lowest BCUT2D eigenvalue weighted by molar-refractivity contribution is -0.131. The highest BCUT2D eigenvalue weighted by Gasteiger charge is 2.46. The van der Waals surface area contributed by atoms with Gasteiger partial charge in [-0.2, -0.15) is 0 Å². The summed E-state index contributed by atoms with van der Waals surface area (Å²) in [5.74, 6) is -2.80. The average Bonchev–Trinajstić information content (AvgIpc) is 3.57. The van der Waals surface area contributed by atoms with E-state index in [1.807, 2.05) is 30.3 Å². The maximum atomic E-state index is 13.5. The molecule has 5 amide bonds. The van der Waals surface area contributed by atoms with E-state index in [-0.39, 0.29) is 55.9 Å². The van der Waals surface area contributed by atoms with Gasteiger partial charge in [0, 0.05) is 56.4 Å². The van der Waals surface area contributed by atoms with Crippen molar-refractivity contribution in [3.8, 4) is 0 Å². The van der Waals surface area contributed by atoms with Gasteiger partial charge in [-0.15, -0.1) is 0 Å². The summed E-state index contributed by atoms with van der Waals surface area (Å²) < 4.78 is 11.0. The van der Waals surface area contributed by atoms with E-state index in [0.717, 1.165) is 31.2 Å². The lowest BCUT2D eigenvalue weighted by Crippen LogP contribution is -2.44. The zero-order chi connectivity index (χ0) is 37.7. The van der Waals surface area contributed by atoms with Crippen molar-refractivity contribution in [3.63, 3.8) is 0 Å². The van der Waals surface area contributed by atoms with Gasteiger partial charge in [0.2, 0.25) is 11.8 Å². The minimum absolute atomic E-state index is 0.0119. The molecule has 12 heteroatoms. The Bertz CT molecular complexity index is 1540. The number of methoxy groups -OCH3 is 1. The van der Waals surface area contributed by atoms with E-state index < -0.39 is 36.0 Å². The standard InChI is InChI=1S/C41H57N5O7/c1-3-4-5-6-7-8-9-10-11-15-22-53-41(51)44-35-26-46(27-36(35)52-2)40(50)30-20-18-29(19-21-30)39(49)45-24-32(37(42)47)33(25-45)38(48)43-34-23-31(34)28-16-13-12-14-17-28/h12-14,16-21,31-36H,3-11,15,22-27H2,1-2H3,(H2,42,47)(H,43,48)(H,44,51)/t31-,32-,33-,34+,35+,36+/m1/s1. The fourth-order valence-electron chi connectivity index (χ4n) is 7.62. The van der Waals surface area contributed by atoms with Crippen LogP contribution in [0.4, 0.5) is 4.79 Å². The van der Waals surface area contributed by atoms with Crippen molar-refractivity contribution in [2.45, 2.75) is 102 Å². The van der Waals surface area contributed by atoms with Crippen LogP contribution in [0.1, 0.15) is 110 Å². The molecule has 0 unspecified atom stereocenters. The molecule has 288 valence electrons. The Kier molecular flexibility index (Phi) is 14.7. The van der Waals surface area contributed by atoms with Gasteiger partial charge in [-0.25, -0.2) is 4.79 Å². The molecule has 53 heavy (non-hydrogen) atoms. The summed E-state index contributed by atoms with van der Waals surface area (Å²) in [7, 11) is 1.55. The molecule has 3 fully saturated rings. The molecule has 2 heterocycles. The van der Waals surface area contributed by atoms with Crippen molar-refractivity contribution >= 4 is 29.7 Å². The Labute approximate surface area is 313 Å². The first kappa shape index (κ1) is 39.8. The van der Waals surface area contributed by atoms with E-state index in [4.69, 9.17) is 15.2 Å². The Morgan fingerprint density at radius 3 is 1.85 bits per heavy atom. The van der Waals surface area contributed by atoms with Crippen molar-refractivity contribution in [2.24, 2.45) is 17.6 Å². The fourth-order valence-corrected chi connectivity index (χ4v) is 7.62. The Hall–Kier alpha value is -4.45. The van der Waals surface area contributed by atoms with Gasteiger partial charge < -0.3 is 35.6 Å². The molecule has 12 nitrogen and oxygen atoms in total. The molecule has 0 spiro atoms. The van der Waals surface area contributed by atoms with Crippen molar-refractivity contribution < 1.29 is 33.4 Å². The zero-order valence-electron chi connectivity index (χ0n) is 31.3. The van der Waals surface area contributed by atoms with Crippen LogP contribution < -0.4 is 16.4 Å². The number of primary amides is 1. The SMILES string of the molecule is CCCCCCCCCCCCOC(=O)N[C@H]1CN(C(=O)c2ccc(C(=O)N3C[C@@H](C(N)=O)[C@H](C(=O)N[C@H]4C[C@@H]4c4ccccc4)C3)cc2)C[C@@H]1OC. The molecule has 1 saturated carbocycles. The van der Waals surface area contributed by atoms with Crippen molar-refractivity contribution in [3.05, 3.63) is 71.3 Å². The largest absolute Gasteiger partial charge is 0.450 e. The highest BCUT2D eigenvalue weighted by molar-refractivity contribution is 5.99. The number of hydrogen-bond donors (Lipinski definition) is 3. The number of likely N-dealkylation sites (tertiary alicyclic amines) is 2. The molecule has 1 aliphatic carbocycles. The van der Waals surface area contributed by atoms with Crippen LogP contribution in [0.25, 0.3) is 0 Å². The summed E-state index contributed by atoms with van der Waals surface area (Å²) in [6.45, 7) is 3.24. The topological polar surface area (TPSA) is 160 Å². The van der Waals surface area contributed by atoms with E-state index in [1.165, 1.54) is 49.8 Å². The van der Waals surface area contributed by atoms with Crippen LogP contribution >= 0.6 is 0 Å². The summed E-state index contributed by atoms with van der Waals surface area (Å²) in [6, 6.07) is 15.8. The molecule has 2 aromatic carbocycles. The zero-order valence-corrected chi connectivity index (χ0v) is 31.3. The molecule has 3 aliphatic rings. The lowest BCUT2D eigenvalue weighted by atomic mass is 9.94. The number of carbonyl (C=O) groups is 5. The van der Waals surface area contributed by atoms with E-state index in [0.29, 0.717) is 17.7 Å². The van der Waals surface area contributed by atoms with Gasteiger partial charge in [0.05, 0.1) is 30.6 Å². The maximum absolute atomic E-state index is 13.5. The predicted molar refractivity (Wildman–Crippen MR) is 201 cm³/mol. The minimum Gasteiger partial charge on any atom is -0.450 e. The number of unbranched alkanes of at least 4 members (excludes halogenated alkanes) is 9. The summed E-state index contributed by atoms with van der Waals surface area (Å²) in [4.78, 5) is 68.1. The van der Waals surface area contributed by atoms with Crippen LogP contribution in [0, 0.1) is 11.8 Å². The third-order valence-corrected chi connectivity index (χ3v) is 10.9. The maximum Gasteiger partial charge on any atom is 0.407 e. The van der Waals surface area contributed by atoms with Crippen LogP contribution in [0.15, 0.2) is 54.6 Å². The highest BCUT2D eigenvalue weighted by Crippen LogP contribution is 2.41. The summed E-state index contributed by atoms with van der Waals surface area (Å²) in [5.41, 5.74) is 7.55. The molecule has 4 N–H and O–H groups in total. The molecular formula is C41H57N5O7. The number of amides is 5. The summed E-state index contributed by atoms with van der Waals surface area (Å²) >= 11 is 0. The fraction of sp³-hybridized carbons (Fsp3) is 0.585. The molecule has 0 radical (unpaired) electrons. The van der Waals surface area contributed by atoms with E-state index >= 15 is 0 Å². The molecule has 5 rings (SSSR count). The Morgan fingerprint density at radius 1 is 0.698 bits per heavy atom. The van der Waals surface area contributed by atoms with Crippen LogP contribution in [-0.4, -0.2) is 97.6 Å². The minimum atomic E-state index is -0.795. The molecule has 0 aromatic heterocycles. The van der Waals surface area contributed by atoms with E-state index in [1.54, 1.807) is 36.3 Å². The van der Waals surface area contributed by atoms with E-state index in [9.17, 15) is 24.0 Å². The third kappa shape index (κ3) is 11.0. The molecule has 2 saturated heterocycles. The van der Waals surface area contributed by atoms with Crippen molar-refractivity contribution in [1.29, 1.82) is 0 Å². The number of carbonyl (C=O) groups excluding carboxylic acids is 5. The second kappa shape index (κ2) is 19.6. The number of hydrogen-bond acceptors (Lipinski definition) is 7. The Balaban J connectivity index is 1.05. The van der Waals surface area contributed by atoms with Gasteiger partial charge in [-0.05, 0) is 42.7 Å². The summed E-state index contributed by atoms with van der Waals surface area (Å²) in [6.07, 6.45) is 11.9. The number of nitrogens with zero attached hydrogens (tertiary/aromatic N) is 2. The Morgan fingerprint density at radius 2 is 1.26 bits per heavy atom. The summed E-state index contributed by atoms with van der Waals surface area (Å²) in [5, 5.41) is 5.92. The van der Waals surface area contributed by atoms with Gasteiger partial charge in [0.25, 0.3) is 11.8 Å². The third-order valence-electron chi connectivity index (χ3n) is 10.9. The first-order chi connectivity index (χ1) is 25.7. The number of nitrogens with two attached hydrogens (primary N) is 1. The van der Waals surface area contributed by atoms with Crippen LogP contribution in [0.3, 0.4) is 0 Å². The van der Waals surface area contributed by atoms with E-state index in [2.05, 4.69) is 17.6 Å². The van der Waals surface area contributed by atoms with Gasteiger partial charge in [-0.1, -0.05) is 95.0 Å². The molecular weight excluding hydrogens is 674 g/mol. The second-order valence-electron chi connectivity index (χ2n) is 14.8. The van der Waals surface area contributed by atoms with Gasteiger partial charge in [-0.3, -0.25) is 19.2 Å². The first-order valence-electron chi connectivity index (χ1n) is 19.5. The predicted octanol–water partition coefficient (Wildman–Crippen LogP) is 5.02. The second-order valence-corrected chi connectivity index (χ2v) is 14.8. The number of nitrogens with one attached hydrogen (secondary N) is 2. The molecule has 6 atom stereocenters. The number of rotatable bonds is 19. The quantitative estimate of drug-likeness (QED) is 0.171. The van der Waals surface area contributed by atoms with Crippen LogP contribution in [-0.2, 0) is 19.1 Å².